The molecule has 0 radical (unpaired) electrons. The van der Waals surface area contributed by atoms with Crippen molar-refractivity contribution >= 4 is 18.3 Å². The summed E-state index contributed by atoms with van der Waals surface area (Å²) in [5, 5.41) is 14.9. The smallest absolute Gasteiger partial charge is 0.248 e. The number of aromatic nitrogens is 4. The van der Waals surface area contributed by atoms with Crippen LogP contribution in [0.2, 0.25) is 0 Å². The van der Waals surface area contributed by atoms with Crippen LogP contribution in [0.5, 0.6) is 0 Å². The molecule has 1 atom stereocenters. The Morgan fingerprint density at radius 3 is 2.70 bits per heavy atom. The highest BCUT2D eigenvalue weighted by Gasteiger charge is 2.42. The second-order valence-electron chi connectivity index (χ2n) is 5.87. The van der Waals surface area contributed by atoms with Crippen molar-refractivity contribution in [2.75, 3.05) is 13.1 Å². The summed E-state index contributed by atoms with van der Waals surface area (Å²) >= 11 is 0. The van der Waals surface area contributed by atoms with Crippen LogP contribution in [0.3, 0.4) is 0 Å². The van der Waals surface area contributed by atoms with E-state index in [1.165, 1.54) is 0 Å². The molecule has 126 valence electrons. The third-order valence-corrected chi connectivity index (χ3v) is 4.37. The Kier molecular flexibility index (Phi) is 5.43. The molecule has 3 heterocycles. The quantitative estimate of drug-likeness (QED) is 0.871. The normalized spacial score (nSPS) is 18.0. The van der Waals surface area contributed by atoms with E-state index in [0.717, 1.165) is 31.5 Å². The van der Waals surface area contributed by atoms with Gasteiger partial charge in [0.1, 0.15) is 5.54 Å². The largest absolute Gasteiger partial charge is 0.347 e. The van der Waals surface area contributed by atoms with Crippen LogP contribution in [0.4, 0.5) is 0 Å². The van der Waals surface area contributed by atoms with Crippen molar-refractivity contribution in [3.05, 3.63) is 36.4 Å². The lowest BCUT2D eigenvalue weighted by Gasteiger charge is -2.37. The van der Waals surface area contributed by atoms with E-state index in [0.29, 0.717) is 0 Å². The van der Waals surface area contributed by atoms with E-state index in [1.807, 2.05) is 32.4 Å². The molecule has 1 saturated heterocycles. The number of nitrogens with zero attached hydrogens (tertiary/aromatic N) is 4. The first-order valence-corrected chi connectivity index (χ1v) is 7.62. The lowest BCUT2D eigenvalue weighted by Crippen LogP contribution is -2.54. The number of piperidine rings is 1. The van der Waals surface area contributed by atoms with Gasteiger partial charge in [0.25, 0.3) is 0 Å². The van der Waals surface area contributed by atoms with E-state index in [4.69, 9.17) is 0 Å². The second kappa shape index (κ2) is 7.14. The van der Waals surface area contributed by atoms with Crippen LogP contribution >= 0.6 is 12.4 Å². The molecular formula is C15H23ClN6O. The molecule has 0 aliphatic carbocycles. The first kappa shape index (κ1) is 17.5. The van der Waals surface area contributed by atoms with Crippen LogP contribution < -0.4 is 10.6 Å². The Morgan fingerprint density at radius 2 is 2.13 bits per heavy atom. The molecule has 3 rings (SSSR count). The fourth-order valence-electron chi connectivity index (χ4n) is 3.00. The van der Waals surface area contributed by atoms with Crippen molar-refractivity contribution in [2.45, 2.75) is 31.3 Å². The van der Waals surface area contributed by atoms with Gasteiger partial charge in [0, 0.05) is 31.2 Å². The predicted molar refractivity (Wildman–Crippen MR) is 89.3 cm³/mol. The predicted octanol–water partition coefficient (Wildman–Crippen LogP) is 0.994. The van der Waals surface area contributed by atoms with Crippen molar-refractivity contribution in [1.82, 2.24) is 30.2 Å². The number of aryl methyl sites for hydroxylation is 1. The maximum Gasteiger partial charge on any atom is 0.248 e. The molecule has 1 aliphatic heterocycles. The van der Waals surface area contributed by atoms with Crippen molar-refractivity contribution in [2.24, 2.45) is 7.05 Å². The number of carbonyl (C=O) groups excluding carboxylic acids is 1. The molecule has 1 aliphatic rings. The van der Waals surface area contributed by atoms with Gasteiger partial charge < -0.3 is 10.6 Å². The highest BCUT2D eigenvalue weighted by molar-refractivity contribution is 5.85. The summed E-state index contributed by atoms with van der Waals surface area (Å²) in [5.41, 5.74) is 0.394. The molecule has 0 saturated carbocycles. The fourth-order valence-corrected chi connectivity index (χ4v) is 3.00. The zero-order valence-electron chi connectivity index (χ0n) is 13.4. The summed E-state index contributed by atoms with van der Waals surface area (Å²) in [5.74, 6) is 0.0223. The van der Waals surface area contributed by atoms with Gasteiger partial charge >= 0.3 is 0 Å². The maximum atomic E-state index is 13.0. The zero-order valence-corrected chi connectivity index (χ0v) is 14.2. The highest BCUT2D eigenvalue weighted by atomic mass is 35.5. The van der Waals surface area contributed by atoms with Gasteiger partial charge in [-0.1, -0.05) is 0 Å². The van der Waals surface area contributed by atoms with Crippen molar-refractivity contribution in [1.29, 1.82) is 0 Å². The maximum absolute atomic E-state index is 13.0. The van der Waals surface area contributed by atoms with Crippen molar-refractivity contribution < 1.29 is 4.79 Å². The van der Waals surface area contributed by atoms with Crippen LogP contribution in [-0.2, 0) is 17.4 Å². The Balaban J connectivity index is 0.00000192. The first-order chi connectivity index (χ1) is 10.6. The zero-order chi connectivity index (χ0) is 15.6. The van der Waals surface area contributed by atoms with Gasteiger partial charge in [-0.05, 0) is 38.9 Å². The number of rotatable bonds is 4. The monoisotopic (exact) mass is 338 g/mol. The number of hydrogen-bond donors (Lipinski definition) is 2. The van der Waals surface area contributed by atoms with E-state index >= 15 is 0 Å². The molecule has 2 aromatic heterocycles. The lowest BCUT2D eigenvalue weighted by atomic mass is 9.87. The Bertz CT molecular complexity index is 632. The minimum Gasteiger partial charge on any atom is -0.347 e. The Morgan fingerprint density at radius 1 is 1.39 bits per heavy atom. The van der Waals surface area contributed by atoms with Gasteiger partial charge in [-0.25, -0.2) is 0 Å². The second-order valence-corrected chi connectivity index (χ2v) is 5.87. The SMILES string of the molecule is CC(NC(=O)C1(n2cccn2)CCNCC1)c1cnn(C)c1.Cl. The van der Waals surface area contributed by atoms with Gasteiger partial charge in [-0.3, -0.25) is 14.2 Å². The molecule has 8 heteroatoms. The van der Waals surface area contributed by atoms with Crippen LogP contribution in [-0.4, -0.2) is 38.6 Å². The molecule has 23 heavy (non-hydrogen) atoms. The average molecular weight is 339 g/mol. The van der Waals surface area contributed by atoms with Gasteiger partial charge in [0.15, 0.2) is 0 Å². The molecule has 0 spiro atoms. The lowest BCUT2D eigenvalue weighted by molar-refractivity contribution is -0.132. The number of nitrogens with one attached hydrogen (secondary N) is 2. The summed E-state index contributed by atoms with van der Waals surface area (Å²) < 4.78 is 3.55. The molecule has 0 aromatic carbocycles. The third kappa shape index (κ3) is 3.40. The molecule has 2 N–H and O–H groups in total. The molecule has 1 amide bonds. The Labute approximate surface area is 141 Å². The number of amides is 1. The third-order valence-electron chi connectivity index (χ3n) is 4.37. The van der Waals surface area contributed by atoms with E-state index in [-0.39, 0.29) is 24.4 Å². The standard InChI is InChI=1S/C15H22N6O.ClH/c1-12(13-10-18-20(2)11-13)19-14(22)15(4-7-16-8-5-15)21-9-3-6-17-21;/h3,6,9-12,16H,4-5,7-8H2,1-2H3,(H,19,22);1H. The van der Waals surface area contributed by atoms with Crippen molar-refractivity contribution in [3.63, 3.8) is 0 Å². The van der Waals surface area contributed by atoms with Crippen LogP contribution in [0.1, 0.15) is 31.4 Å². The van der Waals surface area contributed by atoms with Crippen LogP contribution in [0.15, 0.2) is 30.9 Å². The van der Waals surface area contributed by atoms with E-state index < -0.39 is 5.54 Å². The summed E-state index contributed by atoms with van der Waals surface area (Å²) in [6.45, 7) is 3.61. The minimum atomic E-state index is -0.606. The topological polar surface area (TPSA) is 76.8 Å². The van der Waals surface area contributed by atoms with Gasteiger partial charge in [-0.15, -0.1) is 12.4 Å². The molecular weight excluding hydrogens is 316 g/mol. The van der Waals surface area contributed by atoms with E-state index in [1.54, 1.807) is 21.8 Å². The summed E-state index contributed by atoms with van der Waals surface area (Å²) in [7, 11) is 1.87. The molecule has 1 unspecified atom stereocenters. The highest BCUT2D eigenvalue weighted by Crippen LogP contribution is 2.28. The molecule has 7 nitrogen and oxygen atoms in total. The number of halogens is 1. The molecule has 2 aromatic rings. The van der Waals surface area contributed by atoms with E-state index in [9.17, 15) is 4.79 Å². The fraction of sp³-hybridized carbons (Fsp3) is 0.533. The molecule has 0 bridgehead atoms. The van der Waals surface area contributed by atoms with Gasteiger partial charge in [0.05, 0.1) is 12.2 Å². The van der Waals surface area contributed by atoms with E-state index in [2.05, 4.69) is 20.8 Å². The number of hydrogen-bond acceptors (Lipinski definition) is 4. The Hall–Kier alpha value is -1.86. The number of carbonyl (C=O) groups is 1. The van der Waals surface area contributed by atoms with Crippen LogP contribution in [0, 0.1) is 0 Å². The minimum absolute atomic E-state index is 0. The summed E-state index contributed by atoms with van der Waals surface area (Å²) in [6.07, 6.45) is 8.78. The van der Waals surface area contributed by atoms with Crippen LogP contribution in [0.25, 0.3) is 0 Å². The average Bonchev–Trinajstić information content (AvgIpc) is 3.19. The molecule has 1 fully saturated rings. The van der Waals surface area contributed by atoms with Gasteiger partial charge in [-0.2, -0.15) is 10.2 Å². The summed E-state index contributed by atoms with van der Waals surface area (Å²) in [6, 6.07) is 1.78. The van der Waals surface area contributed by atoms with Gasteiger partial charge in [0.2, 0.25) is 5.91 Å². The summed E-state index contributed by atoms with van der Waals surface area (Å²) in [4.78, 5) is 13.0. The first-order valence-electron chi connectivity index (χ1n) is 7.62. The van der Waals surface area contributed by atoms with Crippen molar-refractivity contribution in [3.8, 4) is 0 Å².